The van der Waals surface area contributed by atoms with E-state index in [1.165, 1.54) is 27.5 Å². The van der Waals surface area contributed by atoms with E-state index in [9.17, 15) is 14.4 Å². The Kier molecular flexibility index (Phi) is 7.84. The molecule has 9 rings (SSSR count). The van der Waals surface area contributed by atoms with Gasteiger partial charge in [0.2, 0.25) is 5.91 Å². The zero-order valence-corrected chi connectivity index (χ0v) is 29.3. The molecule has 1 saturated carbocycles. The molecular formula is C40H45N5O4S. The van der Waals surface area contributed by atoms with Crippen LogP contribution in [0.25, 0.3) is 10.8 Å². The molecule has 4 amide bonds. The van der Waals surface area contributed by atoms with Crippen molar-refractivity contribution in [3.63, 3.8) is 0 Å². The zero-order chi connectivity index (χ0) is 34.1. The summed E-state index contributed by atoms with van der Waals surface area (Å²) in [6.45, 7) is 2.49. The number of benzene rings is 1. The zero-order valence-electron chi connectivity index (χ0n) is 28.5. The van der Waals surface area contributed by atoms with Crippen LogP contribution < -0.4 is 16.0 Å². The summed E-state index contributed by atoms with van der Waals surface area (Å²) < 4.78 is 7.38. The molecule has 1 aromatic heterocycles. The molecule has 3 N–H and O–H groups in total. The van der Waals surface area contributed by atoms with Crippen LogP contribution in [0.1, 0.15) is 82.6 Å². The molecule has 5 heterocycles. The van der Waals surface area contributed by atoms with Crippen LogP contribution >= 0.6 is 11.8 Å². The van der Waals surface area contributed by atoms with Gasteiger partial charge in [-0.1, -0.05) is 49.8 Å². The molecule has 2 bridgehead atoms. The number of amides is 4. The Morgan fingerprint density at radius 2 is 2.06 bits per heavy atom. The van der Waals surface area contributed by atoms with Crippen LogP contribution in [0, 0.1) is 11.3 Å². The predicted octanol–water partition coefficient (Wildman–Crippen LogP) is 6.06. The molecule has 3 aliphatic carbocycles. The monoisotopic (exact) mass is 691 g/mol. The number of aliphatic imine (C=N–C) groups is 1. The van der Waals surface area contributed by atoms with Gasteiger partial charge in [0.25, 0.3) is 5.91 Å². The Labute approximate surface area is 297 Å². The van der Waals surface area contributed by atoms with Gasteiger partial charge in [-0.3, -0.25) is 14.6 Å². The number of unbranched alkanes of at least 4 members (excludes halogenated alkanes) is 1. The number of thioether (sulfide) groups is 1. The molecule has 10 heteroatoms. The quantitative estimate of drug-likeness (QED) is 0.176. The smallest absolute Gasteiger partial charge is 0.315 e. The number of carbonyl (C=O) groups excluding carboxylic acids is 3. The lowest BCUT2D eigenvalue weighted by Gasteiger charge is -2.53. The first-order chi connectivity index (χ1) is 24.2. The summed E-state index contributed by atoms with van der Waals surface area (Å²) in [5.41, 5.74) is 3.35. The van der Waals surface area contributed by atoms with Crippen molar-refractivity contribution in [3.8, 4) is 0 Å². The van der Waals surface area contributed by atoms with Gasteiger partial charge in [-0.2, -0.15) is 11.8 Å². The molecule has 1 aromatic carbocycles. The van der Waals surface area contributed by atoms with Crippen molar-refractivity contribution >= 4 is 46.6 Å². The van der Waals surface area contributed by atoms with Crippen molar-refractivity contribution in [1.29, 1.82) is 0 Å². The van der Waals surface area contributed by atoms with Crippen LogP contribution in [0.15, 0.2) is 77.1 Å². The van der Waals surface area contributed by atoms with E-state index in [0.717, 1.165) is 56.9 Å². The second kappa shape index (κ2) is 12.2. The second-order valence-electron chi connectivity index (χ2n) is 15.8. The van der Waals surface area contributed by atoms with Gasteiger partial charge in [-0.05, 0) is 96.4 Å². The molecule has 9 nitrogen and oxygen atoms in total. The summed E-state index contributed by atoms with van der Waals surface area (Å²) in [6, 6.07) is 9.11. The number of urea groups is 1. The molecule has 7 aliphatic rings. The number of nitrogens with one attached hydrogen (secondary N) is 3. The molecule has 0 radical (unpaired) electrons. The normalized spacial score (nSPS) is 37.7. The van der Waals surface area contributed by atoms with Crippen molar-refractivity contribution in [2.45, 2.75) is 112 Å². The van der Waals surface area contributed by atoms with Crippen molar-refractivity contribution < 1.29 is 19.1 Å². The summed E-state index contributed by atoms with van der Waals surface area (Å²) in [6.07, 6.45) is 22.8. The lowest BCUT2D eigenvalue weighted by atomic mass is 9.58. The summed E-state index contributed by atoms with van der Waals surface area (Å²) in [5, 5.41) is 11.9. The van der Waals surface area contributed by atoms with E-state index < -0.39 is 5.60 Å². The highest BCUT2D eigenvalue weighted by atomic mass is 32.2. The highest BCUT2D eigenvalue weighted by molar-refractivity contribution is 8.00. The molecule has 260 valence electrons. The third kappa shape index (κ3) is 5.27. The fourth-order valence-corrected chi connectivity index (χ4v) is 12.3. The molecule has 0 unspecified atom stereocenters. The lowest BCUT2D eigenvalue weighted by Crippen LogP contribution is -2.54. The third-order valence-electron chi connectivity index (χ3n) is 13.1. The fraction of sp³-hybridized carbons (Fsp3) is 0.525. The van der Waals surface area contributed by atoms with Crippen molar-refractivity contribution in [3.05, 3.63) is 77.7 Å². The van der Waals surface area contributed by atoms with Crippen molar-refractivity contribution in [2.24, 2.45) is 16.3 Å². The van der Waals surface area contributed by atoms with Crippen LogP contribution in [-0.2, 0) is 14.3 Å². The Morgan fingerprint density at radius 1 is 1.14 bits per heavy atom. The molecule has 3 saturated heterocycles. The first kappa shape index (κ1) is 32.2. The number of carbonyl (C=O) groups is 3. The van der Waals surface area contributed by atoms with Crippen LogP contribution in [0.2, 0.25) is 0 Å². The SMILES string of the molecule is C[C@]12CC=C3C=C4C=C[C@@H](NC(=O)C=NC(=O)CCCC[C@@H]5SC[C@@H]6NC(=O)N[C@@H]65)C[C@]45CC[C@]3(O5)[C@@H]1CC[C@@H]2c1ccc2ccncc2c1. The maximum absolute atomic E-state index is 12.9. The van der Waals surface area contributed by atoms with E-state index >= 15 is 0 Å². The predicted molar refractivity (Wildman–Crippen MR) is 195 cm³/mol. The van der Waals surface area contributed by atoms with Gasteiger partial charge >= 0.3 is 6.03 Å². The largest absolute Gasteiger partial charge is 0.359 e. The standard InChI is InChI=1S/C40H45N5O4S/c1-38-14-12-28-19-27-8-9-29(43-35(47)22-42-34(46)5-3-2-4-32-36-31(23-50-32)44-37(48)45-36)20-39(27)15-16-40(28,49-39)33(38)11-10-30(38)25-7-6-24-13-17-41-21-26(24)18-25/h6-9,12-13,17-19,21-22,29-33,36H,2-5,10-11,14-16,20,23H2,1H3,(H,43,47)(H2,44,45,48)/t29-,30-,31+,32+,33-,36+,38-,39-,40-/m1/s1. The second-order valence-corrected chi connectivity index (χ2v) is 17.1. The molecule has 4 aliphatic heterocycles. The number of hydrogen-bond acceptors (Lipinski definition) is 6. The van der Waals surface area contributed by atoms with Gasteiger partial charge in [-0.15, -0.1) is 0 Å². The van der Waals surface area contributed by atoms with Crippen molar-refractivity contribution in [1.82, 2.24) is 20.9 Å². The molecule has 50 heavy (non-hydrogen) atoms. The molecule has 2 spiro atoms. The highest BCUT2D eigenvalue weighted by Gasteiger charge is 2.66. The van der Waals surface area contributed by atoms with Gasteiger partial charge in [0.15, 0.2) is 0 Å². The Hall–Kier alpha value is -3.76. The Bertz CT molecular complexity index is 1890. The molecular weight excluding hydrogens is 647 g/mol. The minimum Gasteiger partial charge on any atom is -0.359 e. The molecule has 2 aromatic rings. The van der Waals surface area contributed by atoms with E-state index in [2.05, 4.69) is 81.4 Å². The van der Waals surface area contributed by atoms with Gasteiger partial charge in [0, 0.05) is 41.6 Å². The number of rotatable bonds is 8. The van der Waals surface area contributed by atoms with Crippen LogP contribution in [0.5, 0.6) is 0 Å². The number of aromatic nitrogens is 1. The average Bonchev–Trinajstić information content (AvgIpc) is 3.85. The number of pyridine rings is 1. The number of fused-ring (bicyclic) bond motifs is 3. The number of ether oxygens (including phenoxy) is 1. The van der Waals surface area contributed by atoms with E-state index in [-0.39, 0.29) is 47.0 Å². The highest BCUT2D eigenvalue weighted by Crippen LogP contribution is 2.69. The summed E-state index contributed by atoms with van der Waals surface area (Å²) in [7, 11) is 0. The van der Waals surface area contributed by atoms with Gasteiger partial charge < -0.3 is 20.7 Å². The minimum absolute atomic E-state index is 0.0800. The van der Waals surface area contributed by atoms with E-state index in [0.29, 0.717) is 36.3 Å². The Balaban J connectivity index is 0.819. The van der Waals surface area contributed by atoms with Crippen LogP contribution in [0.4, 0.5) is 4.79 Å². The maximum atomic E-state index is 12.9. The van der Waals surface area contributed by atoms with E-state index in [1.807, 2.05) is 24.2 Å². The van der Waals surface area contributed by atoms with Gasteiger partial charge in [0.1, 0.15) is 0 Å². The Morgan fingerprint density at radius 3 is 2.98 bits per heavy atom. The summed E-state index contributed by atoms with van der Waals surface area (Å²) >= 11 is 1.88. The molecule has 9 atom stereocenters. The van der Waals surface area contributed by atoms with E-state index in [1.54, 1.807) is 0 Å². The first-order valence-electron chi connectivity index (χ1n) is 18.5. The summed E-state index contributed by atoms with van der Waals surface area (Å²) in [4.78, 5) is 45.4. The van der Waals surface area contributed by atoms with Gasteiger partial charge in [-0.25, -0.2) is 9.79 Å². The maximum Gasteiger partial charge on any atom is 0.315 e. The molecule has 4 fully saturated rings. The lowest BCUT2D eigenvalue weighted by molar-refractivity contribution is -0.131. The van der Waals surface area contributed by atoms with E-state index in [4.69, 9.17) is 4.74 Å². The van der Waals surface area contributed by atoms with Crippen LogP contribution in [-0.4, -0.2) is 69.4 Å². The van der Waals surface area contributed by atoms with Crippen molar-refractivity contribution in [2.75, 3.05) is 5.75 Å². The topological polar surface area (TPSA) is 122 Å². The fourth-order valence-electron chi connectivity index (χ4n) is 10.7. The number of nitrogens with zero attached hydrogens (tertiary/aromatic N) is 2. The summed E-state index contributed by atoms with van der Waals surface area (Å²) in [5.74, 6) is 1.18. The third-order valence-corrected chi connectivity index (χ3v) is 14.6. The van der Waals surface area contributed by atoms with Crippen LogP contribution in [0.3, 0.4) is 0 Å². The number of hydrogen-bond donors (Lipinski definition) is 3. The average molecular weight is 692 g/mol. The number of allylic oxidation sites excluding steroid dienone is 1. The minimum atomic E-state index is -0.420. The van der Waals surface area contributed by atoms with Gasteiger partial charge in [0.05, 0.1) is 35.5 Å². The first-order valence-corrected chi connectivity index (χ1v) is 19.5.